The van der Waals surface area contributed by atoms with Gasteiger partial charge in [-0.3, -0.25) is 10.2 Å². The van der Waals surface area contributed by atoms with Gasteiger partial charge in [0.1, 0.15) is 0 Å². The average Bonchev–Trinajstić information content (AvgIpc) is 2.23. The van der Waals surface area contributed by atoms with Crippen LogP contribution in [0.5, 0.6) is 0 Å². The molecular weight excluding hydrogens is 206 g/mol. The highest BCUT2D eigenvalue weighted by atomic mass is 16.3. The minimum absolute atomic E-state index is 0.113. The summed E-state index contributed by atoms with van der Waals surface area (Å²) < 4.78 is 0. The van der Waals surface area contributed by atoms with E-state index in [0.717, 1.165) is 19.4 Å². The van der Waals surface area contributed by atoms with E-state index in [4.69, 9.17) is 5.84 Å². The number of nitrogens with one attached hydrogen (secondary N) is 1. The van der Waals surface area contributed by atoms with Gasteiger partial charge in [0, 0.05) is 12.6 Å². The summed E-state index contributed by atoms with van der Waals surface area (Å²) >= 11 is 0. The summed E-state index contributed by atoms with van der Waals surface area (Å²) in [5.41, 5.74) is 2.18. The first-order valence-corrected chi connectivity index (χ1v) is 5.84. The first kappa shape index (κ1) is 13.4. The lowest BCUT2D eigenvalue weighted by Gasteiger charge is -2.37. The molecule has 0 bridgehead atoms. The molecule has 94 valence electrons. The van der Waals surface area contributed by atoms with E-state index in [0.29, 0.717) is 5.92 Å². The highest BCUT2D eigenvalue weighted by Crippen LogP contribution is 2.28. The second-order valence-corrected chi connectivity index (χ2v) is 4.97. The molecule has 0 spiro atoms. The fraction of sp³-hybridized carbons (Fsp3) is 0.909. The minimum Gasteiger partial charge on any atom is -0.393 e. The molecule has 5 heteroatoms. The van der Waals surface area contributed by atoms with Crippen LogP contribution >= 0.6 is 0 Å². The zero-order chi connectivity index (χ0) is 12.3. The van der Waals surface area contributed by atoms with Crippen molar-refractivity contribution in [3.8, 4) is 0 Å². The first-order chi connectivity index (χ1) is 7.45. The van der Waals surface area contributed by atoms with Crippen LogP contribution in [0.4, 0.5) is 0 Å². The van der Waals surface area contributed by atoms with Crippen LogP contribution in [0.2, 0.25) is 0 Å². The molecular formula is C11H23N3O2. The van der Waals surface area contributed by atoms with E-state index in [1.54, 1.807) is 0 Å². The molecule has 0 aromatic rings. The van der Waals surface area contributed by atoms with Gasteiger partial charge in [0.05, 0.1) is 12.0 Å². The van der Waals surface area contributed by atoms with Crippen LogP contribution in [0.25, 0.3) is 0 Å². The maximum atomic E-state index is 11.4. The lowest BCUT2D eigenvalue weighted by molar-refractivity contribution is -0.126. The molecule has 0 aromatic heterocycles. The van der Waals surface area contributed by atoms with Crippen molar-refractivity contribution in [3.05, 3.63) is 0 Å². The Morgan fingerprint density at radius 1 is 1.56 bits per heavy atom. The van der Waals surface area contributed by atoms with Crippen molar-refractivity contribution >= 4 is 5.91 Å². The number of carbonyl (C=O) groups excluding carboxylic acids is 1. The molecule has 1 rings (SSSR count). The number of amides is 1. The van der Waals surface area contributed by atoms with E-state index < -0.39 is 0 Å². The summed E-state index contributed by atoms with van der Waals surface area (Å²) in [6.07, 6.45) is 1.65. The number of hydrogen-bond acceptors (Lipinski definition) is 4. The van der Waals surface area contributed by atoms with Crippen molar-refractivity contribution in [2.75, 3.05) is 13.6 Å². The number of aliphatic hydroxyl groups excluding tert-OH is 1. The summed E-state index contributed by atoms with van der Waals surface area (Å²) in [6, 6.07) is 0.154. The van der Waals surface area contributed by atoms with Crippen LogP contribution in [0.15, 0.2) is 0 Å². The Labute approximate surface area is 97.0 Å². The number of carbonyl (C=O) groups is 1. The lowest BCUT2D eigenvalue weighted by atomic mass is 9.82. The van der Waals surface area contributed by atoms with E-state index in [2.05, 4.69) is 10.3 Å². The Bertz CT molecular complexity index is 241. The minimum atomic E-state index is -0.131. The van der Waals surface area contributed by atoms with E-state index >= 15 is 0 Å². The van der Waals surface area contributed by atoms with Gasteiger partial charge < -0.3 is 10.0 Å². The van der Waals surface area contributed by atoms with Gasteiger partial charge in [0.25, 0.3) is 0 Å². The standard InChI is InChI=1S/C11H23N3O2/c1-7(11(16)13-12)8(2)14(3)6-9-4-10(15)5-9/h7-10,15H,4-6,12H2,1-3H3,(H,13,16). The number of nitrogens with zero attached hydrogens (tertiary/aromatic N) is 1. The van der Waals surface area contributed by atoms with Crippen molar-refractivity contribution in [2.45, 2.75) is 38.8 Å². The van der Waals surface area contributed by atoms with Crippen LogP contribution in [0.3, 0.4) is 0 Å². The Kier molecular flexibility index (Phi) is 4.70. The lowest BCUT2D eigenvalue weighted by Crippen LogP contribution is -2.47. The molecule has 1 fully saturated rings. The molecule has 2 atom stereocenters. The Balaban J connectivity index is 2.34. The number of hydrazine groups is 1. The second kappa shape index (κ2) is 5.61. The first-order valence-electron chi connectivity index (χ1n) is 5.84. The normalized spacial score (nSPS) is 28.4. The van der Waals surface area contributed by atoms with Gasteiger partial charge in [-0.25, -0.2) is 5.84 Å². The molecule has 0 aliphatic heterocycles. The van der Waals surface area contributed by atoms with Crippen LogP contribution in [0.1, 0.15) is 26.7 Å². The highest BCUT2D eigenvalue weighted by molar-refractivity contribution is 5.78. The molecule has 16 heavy (non-hydrogen) atoms. The number of nitrogens with two attached hydrogens (primary N) is 1. The van der Waals surface area contributed by atoms with Crippen LogP contribution in [-0.2, 0) is 4.79 Å². The topological polar surface area (TPSA) is 78.6 Å². The zero-order valence-electron chi connectivity index (χ0n) is 10.3. The molecule has 0 saturated heterocycles. The fourth-order valence-electron chi connectivity index (χ4n) is 2.16. The van der Waals surface area contributed by atoms with Crippen molar-refractivity contribution in [1.82, 2.24) is 10.3 Å². The summed E-state index contributed by atoms with van der Waals surface area (Å²) in [5.74, 6) is 5.43. The molecule has 1 saturated carbocycles. The van der Waals surface area contributed by atoms with Gasteiger partial charge in [0.15, 0.2) is 0 Å². The average molecular weight is 229 g/mol. The Morgan fingerprint density at radius 2 is 2.12 bits per heavy atom. The molecule has 0 radical (unpaired) electrons. The molecule has 5 nitrogen and oxygen atoms in total. The van der Waals surface area contributed by atoms with Gasteiger partial charge in [0.2, 0.25) is 5.91 Å². The quantitative estimate of drug-likeness (QED) is 0.344. The van der Waals surface area contributed by atoms with Crippen molar-refractivity contribution in [1.29, 1.82) is 0 Å². The SMILES string of the molecule is CC(C(=O)NN)C(C)N(C)CC1CC(O)C1. The summed E-state index contributed by atoms with van der Waals surface area (Å²) in [4.78, 5) is 13.5. The molecule has 1 amide bonds. The molecule has 1 aliphatic carbocycles. The van der Waals surface area contributed by atoms with Crippen molar-refractivity contribution in [2.24, 2.45) is 17.7 Å². The zero-order valence-corrected chi connectivity index (χ0v) is 10.3. The van der Waals surface area contributed by atoms with Gasteiger partial charge in [-0.2, -0.15) is 0 Å². The summed E-state index contributed by atoms with van der Waals surface area (Å²) in [6.45, 7) is 4.83. The van der Waals surface area contributed by atoms with Gasteiger partial charge in [-0.05, 0) is 32.7 Å². The van der Waals surface area contributed by atoms with E-state index in [9.17, 15) is 9.90 Å². The van der Waals surface area contributed by atoms with E-state index in [1.807, 2.05) is 20.9 Å². The largest absolute Gasteiger partial charge is 0.393 e. The molecule has 0 aromatic carbocycles. The summed E-state index contributed by atoms with van der Waals surface area (Å²) in [7, 11) is 2.01. The predicted molar refractivity (Wildman–Crippen MR) is 62.3 cm³/mol. The van der Waals surface area contributed by atoms with Crippen LogP contribution in [-0.4, -0.2) is 41.7 Å². The third-order valence-corrected chi connectivity index (χ3v) is 3.73. The molecule has 2 unspecified atom stereocenters. The van der Waals surface area contributed by atoms with Gasteiger partial charge >= 0.3 is 0 Å². The smallest absolute Gasteiger partial charge is 0.238 e. The molecule has 1 aliphatic rings. The van der Waals surface area contributed by atoms with Crippen LogP contribution < -0.4 is 11.3 Å². The Morgan fingerprint density at radius 3 is 2.56 bits per heavy atom. The number of aliphatic hydroxyl groups is 1. The second-order valence-electron chi connectivity index (χ2n) is 4.97. The maximum absolute atomic E-state index is 11.4. The van der Waals surface area contributed by atoms with Gasteiger partial charge in [-0.1, -0.05) is 6.92 Å². The summed E-state index contributed by atoms with van der Waals surface area (Å²) in [5, 5.41) is 9.21. The van der Waals surface area contributed by atoms with E-state index in [-0.39, 0.29) is 24.0 Å². The van der Waals surface area contributed by atoms with Crippen molar-refractivity contribution in [3.63, 3.8) is 0 Å². The van der Waals surface area contributed by atoms with Crippen molar-refractivity contribution < 1.29 is 9.90 Å². The molecule has 0 heterocycles. The Hall–Kier alpha value is -0.650. The van der Waals surface area contributed by atoms with Gasteiger partial charge in [-0.15, -0.1) is 0 Å². The maximum Gasteiger partial charge on any atom is 0.238 e. The molecule has 4 N–H and O–H groups in total. The van der Waals surface area contributed by atoms with E-state index in [1.165, 1.54) is 0 Å². The monoisotopic (exact) mass is 229 g/mol. The third kappa shape index (κ3) is 3.17. The fourth-order valence-corrected chi connectivity index (χ4v) is 2.16. The predicted octanol–water partition coefficient (Wildman–Crippen LogP) is -0.296. The van der Waals surface area contributed by atoms with Crippen LogP contribution in [0, 0.1) is 11.8 Å². The third-order valence-electron chi connectivity index (χ3n) is 3.73. The number of hydrogen-bond donors (Lipinski definition) is 3. The number of rotatable bonds is 5. The highest BCUT2D eigenvalue weighted by Gasteiger charge is 2.30.